The van der Waals surface area contributed by atoms with Gasteiger partial charge in [0.05, 0.1) is 24.5 Å². The maximum Gasteiger partial charge on any atom is 0.306 e. The number of benzene rings is 2. The molecule has 1 saturated heterocycles. The van der Waals surface area contributed by atoms with Gasteiger partial charge >= 0.3 is 10.1 Å². The second kappa shape index (κ2) is 11.7. The van der Waals surface area contributed by atoms with Crippen LogP contribution in [0.15, 0.2) is 30.3 Å². The number of ketones is 1. The van der Waals surface area contributed by atoms with Crippen molar-refractivity contribution in [1.82, 2.24) is 10.2 Å². The molecule has 0 spiro atoms. The SMILES string of the molecule is COc1c(C(=O)NCCN2CCC(C(=O)c3ccc(F)cc3)CC2)cc(C#N)c(Cl)c1OS(C)(=O)=O. The van der Waals surface area contributed by atoms with Gasteiger partial charge in [0.15, 0.2) is 11.5 Å². The van der Waals surface area contributed by atoms with Gasteiger partial charge in [-0.25, -0.2) is 4.39 Å². The van der Waals surface area contributed by atoms with Crippen LogP contribution in [0, 0.1) is 23.1 Å². The second-order valence-electron chi connectivity index (χ2n) is 8.29. The molecule has 2 aromatic rings. The number of piperidine rings is 1. The number of likely N-dealkylation sites (tertiary alicyclic amines) is 1. The molecule has 192 valence electrons. The average molecular weight is 538 g/mol. The van der Waals surface area contributed by atoms with Gasteiger partial charge in [0, 0.05) is 24.6 Å². The highest BCUT2D eigenvalue weighted by molar-refractivity contribution is 7.86. The summed E-state index contributed by atoms with van der Waals surface area (Å²) in [6, 6.07) is 8.55. The van der Waals surface area contributed by atoms with Gasteiger partial charge in [0.2, 0.25) is 5.75 Å². The zero-order valence-corrected chi connectivity index (χ0v) is 21.3. The Morgan fingerprint density at radius 1 is 1.22 bits per heavy atom. The lowest BCUT2D eigenvalue weighted by atomic mass is 9.89. The third-order valence-electron chi connectivity index (χ3n) is 5.78. The fourth-order valence-corrected chi connectivity index (χ4v) is 4.72. The monoisotopic (exact) mass is 537 g/mol. The number of methoxy groups -OCH3 is 1. The first-order chi connectivity index (χ1) is 17.0. The van der Waals surface area contributed by atoms with Gasteiger partial charge in [-0.05, 0) is 56.3 Å². The number of hydrogen-bond acceptors (Lipinski definition) is 8. The minimum atomic E-state index is -4.01. The van der Waals surface area contributed by atoms with Crippen LogP contribution in [-0.2, 0) is 10.1 Å². The number of nitrogens with zero attached hydrogens (tertiary/aromatic N) is 2. The molecule has 0 unspecified atom stereocenters. The lowest BCUT2D eigenvalue weighted by molar-refractivity contribution is 0.0838. The number of nitriles is 1. The number of ether oxygens (including phenoxy) is 1. The van der Waals surface area contributed by atoms with Crippen molar-refractivity contribution in [1.29, 1.82) is 5.26 Å². The smallest absolute Gasteiger partial charge is 0.306 e. The van der Waals surface area contributed by atoms with Gasteiger partial charge in [-0.2, -0.15) is 13.7 Å². The minimum Gasteiger partial charge on any atom is -0.492 e. The zero-order chi connectivity index (χ0) is 26.5. The number of Topliss-reactive ketones (excluding diaryl/α,β-unsaturated/α-hetero) is 1. The van der Waals surface area contributed by atoms with Gasteiger partial charge in [0.25, 0.3) is 5.91 Å². The van der Waals surface area contributed by atoms with E-state index in [2.05, 4.69) is 10.2 Å². The first kappa shape index (κ1) is 27.4. The van der Waals surface area contributed by atoms with E-state index in [1.165, 1.54) is 37.4 Å². The van der Waals surface area contributed by atoms with Crippen molar-refractivity contribution in [2.45, 2.75) is 12.8 Å². The summed E-state index contributed by atoms with van der Waals surface area (Å²) in [7, 11) is -2.79. The predicted octanol–water partition coefficient (Wildman–Crippen LogP) is 3.02. The predicted molar refractivity (Wildman–Crippen MR) is 130 cm³/mol. The molecule has 1 N–H and O–H groups in total. The Kier molecular flexibility index (Phi) is 8.89. The molecule has 2 aromatic carbocycles. The van der Waals surface area contributed by atoms with Gasteiger partial charge in [0.1, 0.15) is 16.9 Å². The Morgan fingerprint density at radius 3 is 2.42 bits per heavy atom. The Morgan fingerprint density at radius 2 is 1.86 bits per heavy atom. The molecule has 9 nitrogen and oxygen atoms in total. The normalized spacial score (nSPS) is 14.6. The molecule has 0 saturated carbocycles. The number of halogens is 2. The van der Waals surface area contributed by atoms with Crippen molar-refractivity contribution in [3.8, 4) is 17.6 Å². The fraction of sp³-hybridized carbons (Fsp3) is 0.375. The highest BCUT2D eigenvalue weighted by atomic mass is 35.5. The Balaban J connectivity index is 1.60. The molecular weight excluding hydrogens is 513 g/mol. The minimum absolute atomic E-state index is 0.00167. The fourth-order valence-electron chi connectivity index (χ4n) is 3.99. The van der Waals surface area contributed by atoms with Gasteiger partial charge in [-0.1, -0.05) is 11.6 Å². The van der Waals surface area contributed by atoms with E-state index in [1.54, 1.807) is 6.07 Å². The van der Waals surface area contributed by atoms with Crippen molar-refractivity contribution in [3.63, 3.8) is 0 Å². The Labute approximate surface area is 213 Å². The molecule has 1 amide bonds. The lowest BCUT2D eigenvalue weighted by Crippen LogP contribution is -2.41. The highest BCUT2D eigenvalue weighted by Gasteiger charge is 2.27. The van der Waals surface area contributed by atoms with Crippen LogP contribution < -0.4 is 14.2 Å². The summed E-state index contributed by atoms with van der Waals surface area (Å²) in [5.74, 6) is -1.77. The van der Waals surface area contributed by atoms with E-state index in [0.29, 0.717) is 38.0 Å². The van der Waals surface area contributed by atoms with Crippen LogP contribution in [0.25, 0.3) is 0 Å². The maximum atomic E-state index is 13.1. The third-order valence-corrected chi connectivity index (χ3v) is 6.62. The summed E-state index contributed by atoms with van der Waals surface area (Å²) < 4.78 is 46.5. The van der Waals surface area contributed by atoms with Crippen molar-refractivity contribution >= 4 is 33.4 Å². The summed E-state index contributed by atoms with van der Waals surface area (Å²) in [4.78, 5) is 27.6. The van der Waals surface area contributed by atoms with E-state index < -0.39 is 21.8 Å². The van der Waals surface area contributed by atoms with E-state index in [9.17, 15) is 27.7 Å². The molecule has 1 heterocycles. The number of amides is 1. The molecule has 1 aliphatic heterocycles. The average Bonchev–Trinajstić information content (AvgIpc) is 2.84. The van der Waals surface area contributed by atoms with Crippen LogP contribution in [0.3, 0.4) is 0 Å². The molecule has 0 aromatic heterocycles. The van der Waals surface area contributed by atoms with Crippen LogP contribution in [0.5, 0.6) is 11.5 Å². The number of carbonyl (C=O) groups excluding carboxylic acids is 2. The van der Waals surface area contributed by atoms with E-state index in [1.807, 2.05) is 0 Å². The van der Waals surface area contributed by atoms with Crippen molar-refractivity contribution < 1.29 is 31.3 Å². The molecule has 0 radical (unpaired) electrons. The van der Waals surface area contributed by atoms with E-state index in [0.717, 1.165) is 6.26 Å². The molecule has 36 heavy (non-hydrogen) atoms. The third kappa shape index (κ3) is 6.72. The second-order valence-corrected chi connectivity index (χ2v) is 10.2. The first-order valence-corrected chi connectivity index (χ1v) is 13.2. The summed E-state index contributed by atoms with van der Waals surface area (Å²) in [6.45, 7) is 2.08. The van der Waals surface area contributed by atoms with E-state index in [4.69, 9.17) is 20.5 Å². The van der Waals surface area contributed by atoms with Crippen LogP contribution in [-0.4, -0.2) is 64.6 Å². The van der Waals surface area contributed by atoms with Crippen molar-refractivity contribution in [3.05, 3.63) is 57.9 Å². The van der Waals surface area contributed by atoms with Gasteiger partial charge in [-0.3, -0.25) is 9.59 Å². The Hall–Kier alpha value is -3.20. The summed E-state index contributed by atoms with van der Waals surface area (Å²) in [6.07, 6.45) is 2.09. The number of nitrogens with one attached hydrogen (secondary N) is 1. The van der Waals surface area contributed by atoms with Gasteiger partial charge in [-0.15, -0.1) is 0 Å². The van der Waals surface area contributed by atoms with E-state index >= 15 is 0 Å². The topological polar surface area (TPSA) is 126 Å². The summed E-state index contributed by atoms with van der Waals surface area (Å²) >= 11 is 6.09. The lowest BCUT2D eigenvalue weighted by Gasteiger charge is -2.31. The number of hydrogen-bond donors (Lipinski definition) is 1. The largest absolute Gasteiger partial charge is 0.492 e. The molecule has 1 aliphatic rings. The summed E-state index contributed by atoms with van der Waals surface area (Å²) in [5.41, 5.74) is 0.254. The standard InChI is InChI=1S/C24H25ClFN3O6S/c1-34-22-19(13-17(14-27)20(25)23(22)35-36(2,32)33)24(31)28-9-12-29-10-7-16(8-11-29)21(30)15-3-5-18(26)6-4-15/h3-6,13,16H,7-12H2,1-2H3,(H,28,31). The molecule has 3 rings (SSSR count). The van der Waals surface area contributed by atoms with E-state index in [-0.39, 0.29) is 46.0 Å². The van der Waals surface area contributed by atoms with Gasteiger partial charge < -0.3 is 19.1 Å². The van der Waals surface area contributed by atoms with Crippen LogP contribution >= 0.6 is 11.6 Å². The zero-order valence-electron chi connectivity index (χ0n) is 19.7. The van der Waals surface area contributed by atoms with Crippen LogP contribution in [0.1, 0.15) is 39.1 Å². The quantitative estimate of drug-likeness (QED) is 0.382. The first-order valence-electron chi connectivity index (χ1n) is 11.0. The summed E-state index contributed by atoms with van der Waals surface area (Å²) in [5, 5.41) is 11.8. The molecule has 12 heteroatoms. The molecule has 0 atom stereocenters. The number of carbonyl (C=O) groups is 2. The molecular formula is C24H25ClFN3O6S. The Bertz CT molecular complexity index is 1290. The van der Waals surface area contributed by atoms with Crippen LogP contribution in [0.2, 0.25) is 5.02 Å². The van der Waals surface area contributed by atoms with Crippen LogP contribution in [0.4, 0.5) is 4.39 Å². The molecule has 0 aliphatic carbocycles. The van der Waals surface area contributed by atoms with Crippen molar-refractivity contribution in [2.75, 3.05) is 39.5 Å². The molecule has 0 bridgehead atoms. The maximum absolute atomic E-state index is 13.1. The molecule has 1 fully saturated rings. The number of rotatable bonds is 9. The highest BCUT2D eigenvalue weighted by Crippen LogP contribution is 2.41. The van der Waals surface area contributed by atoms with Crippen molar-refractivity contribution in [2.24, 2.45) is 5.92 Å².